The highest BCUT2D eigenvalue weighted by Crippen LogP contribution is 2.46. The molecule has 5 nitrogen and oxygen atoms in total. The van der Waals surface area contributed by atoms with E-state index in [0.717, 1.165) is 89.7 Å². The van der Waals surface area contributed by atoms with Crippen LogP contribution in [0.1, 0.15) is 11.1 Å². The van der Waals surface area contributed by atoms with Crippen LogP contribution in [-0.2, 0) is 0 Å². The number of benzene rings is 18. The molecule has 0 spiro atoms. The molecular formula is C112H76N4OS. The summed E-state index contributed by atoms with van der Waals surface area (Å²) in [5.74, 6) is 0. The van der Waals surface area contributed by atoms with E-state index in [1.807, 2.05) is 35.6 Å². The van der Waals surface area contributed by atoms with Crippen molar-refractivity contribution in [3.8, 4) is 78.1 Å². The lowest BCUT2D eigenvalue weighted by Gasteiger charge is -2.26. The van der Waals surface area contributed by atoms with Crippen LogP contribution in [0.2, 0.25) is 0 Å². The van der Waals surface area contributed by atoms with Crippen LogP contribution < -0.4 is 9.80 Å². The Kier molecular flexibility index (Phi) is 18.1. The third kappa shape index (κ3) is 12.9. The lowest BCUT2D eigenvalue weighted by atomic mass is 10.0. The van der Waals surface area contributed by atoms with Crippen molar-refractivity contribution in [3.05, 3.63) is 449 Å². The molecule has 118 heavy (non-hydrogen) atoms. The molecule has 0 saturated carbocycles. The van der Waals surface area contributed by atoms with Gasteiger partial charge in [-0.3, -0.25) is 0 Å². The van der Waals surface area contributed by atoms with Crippen molar-refractivity contribution in [3.63, 3.8) is 0 Å². The van der Waals surface area contributed by atoms with Crippen molar-refractivity contribution in [1.82, 2.24) is 9.13 Å². The molecule has 0 bridgehead atoms. The number of hydrogen-bond acceptors (Lipinski definition) is 4. The van der Waals surface area contributed by atoms with Crippen molar-refractivity contribution < 1.29 is 4.42 Å². The molecule has 0 aliphatic rings. The van der Waals surface area contributed by atoms with Crippen molar-refractivity contribution in [2.75, 3.05) is 9.80 Å². The molecule has 18 aromatic carbocycles. The van der Waals surface area contributed by atoms with Gasteiger partial charge in [0.15, 0.2) is 0 Å². The number of para-hydroxylation sites is 6. The maximum Gasteiger partial charge on any atom is 0.143 e. The number of thiophene rings is 1. The van der Waals surface area contributed by atoms with Gasteiger partial charge in [0.05, 0.1) is 22.1 Å². The summed E-state index contributed by atoms with van der Waals surface area (Å²) in [6.07, 6.45) is 3.76. The van der Waals surface area contributed by atoms with E-state index in [-0.39, 0.29) is 0 Å². The molecular weight excluding hydrogens is 1450 g/mol. The van der Waals surface area contributed by atoms with Gasteiger partial charge in [0.1, 0.15) is 11.2 Å². The van der Waals surface area contributed by atoms with Crippen LogP contribution in [0.15, 0.2) is 442 Å². The van der Waals surface area contributed by atoms with Gasteiger partial charge >= 0.3 is 0 Å². The highest BCUT2D eigenvalue weighted by molar-refractivity contribution is 7.26. The third-order valence-electron chi connectivity index (χ3n) is 23.2. The minimum absolute atomic E-state index is 0.907. The first-order valence-corrected chi connectivity index (χ1v) is 40.9. The maximum atomic E-state index is 6.39. The Morgan fingerprint density at radius 3 is 1.04 bits per heavy atom. The zero-order chi connectivity index (χ0) is 78.6. The highest BCUT2D eigenvalue weighted by atomic mass is 32.1. The molecule has 0 aliphatic carbocycles. The predicted octanol–water partition coefficient (Wildman–Crippen LogP) is 32.1. The van der Waals surface area contributed by atoms with E-state index < -0.39 is 0 Å². The van der Waals surface area contributed by atoms with E-state index in [4.69, 9.17) is 4.42 Å². The molecule has 0 fully saturated rings. The summed E-state index contributed by atoms with van der Waals surface area (Å²) < 4.78 is 13.8. The lowest BCUT2D eigenvalue weighted by Crippen LogP contribution is -2.09. The van der Waals surface area contributed by atoms with Gasteiger partial charge in [0.2, 0.25) is 0 Å². The number of furan rings is 1. The molecule has 22 aromatic rings. The number of hydrogen-bond donors (Lipinski definition) is 0. The fourth-order valence-electron chi connectivity index (χ4n) is 17.3. The fraction of sp³-hybridized carbons (Fsp3) is 0. The second kappa shape index (κ2) is 30.2. The standard InChI is InChI=1S/C62H43N3.C50H33NOS/c1-2-43-20-22-44(23-21-43)45-24-33-51(34-25-45)63(52-35-26-46(27-36-52)47-28-39-54(40-29-47)65-59-17-9-6-14-55(59)56-15-7-10-18-60(56)65)53-37-30-48(31-38-53)49-32-41-62-58(42-49)57-16-8-11-19-61(57)64(62)50-12-4-3-5-13-50;1-2-33-17-19-34(20-18-33)35-21-27-38(28-22-35)51(39-29-23-36(24-30-39)41-11-7-13-45-43-9-3-5-15-47(43)52-49(41)45)40-31-25-37(26-32-40)42-12-8-14-46-44-10-4-6-16-48(44)53-50(42)46/h2-42H,1H2;2-32H,1H2. The van der Waals surface area contributed by atoms with E-state index in [1.165, 1.54) is 119 Å². The molecule has 556 valence electrons. The monoisotopic (exact) mass is 1520 g/mol. The molecule has 0 N–H and O–H groups in total. The number of anilines is 6. The maximum absolute atomic E-state index is 6.39. The quantitative estimate of drug-likeness (QED) is 0.0966. The van der Waals surface area contributed by atoms with Crippen LogP contribution in [0.25, 0.3) is 176 Å². The Bertz CT molecular complexity index is 7290. The minimum atomic E-state index is 0.907. The normalized spacial score (nSPS) is 11.5. The number of rotatable bonds is 16. The lowest BCUT2D eigenvalue weighted by molar-refractivity contribution is 0.670. The summed E-state index contributed by atoms with van der Waals surface area (Å²) in [7, 11) is 0. The Morgan fingerprint density at radius 2 is 0.568 bits per heavy atom. The van der Waals surface area contributed by atoms with E-state index in [9.17, 15) is 0 Å². The summed E-state index contributed by atoms with van der Waals surface area (Å²) >= 11 is 1.87. The topological polar surface area (TPSA) is 29.5 Å². The van der Waals surface area contributed by atoms with Crippen LogP contribution >= 0.6 is 11.3 Å². The van der Waals surface area contributed by atoms with Gasteiger partial charge in [0.25, 0.3) is 0 Å². The molecule has 0 saturated heterocycles. The van der Waals surface area contributed by atoms with Gasteiger partial charge in [-0.05, 0) is 212 Å². The van der Waals surface area contributed by atoms with Crippen LogP contribution in [0, 0.1) is 0 Å². The fourth-order valence-corrected chi connectivity index (χ4v) is 18.5. The van der Waals surface area contributed by atoms with Gasteiger partial charge in [-0.1, -0.05) is 310 Å². The molecule has 22 rings (SSSR count). The second-order valence-electron chi connectivity index (χ2n) is 30.0. The molecule has 0 atom stereocenters. The zero-order valence-corrected chi connectivity index (χ0v) is 65.4. The SMILES string of the molecule is C=Cc1ccc(-c2ccc(N(c3ccc(-c4ccc(-n5c6ccccc6c6ccccc65)cc4)cc3)c3ccc(-c4ccc5c(c4)c4ccccc4n5-c4ccccc4)cc3)cc2)cc1.C=Cc1ccc(-c2ccc(N(c3ccc(-c4cccc5c4oc4ccccc45)cc3)c3ccc(-c4cccc5c4sc4ccccc45)cc3)cc2)cc1. The molecule has 4 heterocycles. The Balaban J connectivity index is 0.000000150. The number of aromatic nitrogens is 2. The summed E-state index contributed by atoms with van der Waals surface area (Å²) in [5, 5.41) is 9.93. The molecule has 6 heteroatoms. The predicted molar refractivity (Wildman–Crippen MR) is 504 cm³/mol. The van der Waals surface area contributed by atoms with Crippen molar-refractivity contribution >= 4 is 143 Å². The number of fused-ring (bicyclic) bond motifs is 12. The van der Waals surface area contributed by atoms with Gasteiger partial charge in [-0.2, -0.15) is 0 Å². The first kappa shape index (κ1) is 70.5. The van der Waals surface area contributed by atoms with Crippen LogP contribution in [0.5, 0.6) is 0 Å². The van der Waals surface area contributed by atoms with Gasteiger partial charge in [-0.15, -0.1) is 11.3 Å². The summed E-state index contributed by atoms with van der Waals surface area (Å²) in [6.45, 7) is 7.83. The summed E-state index contributed by atoms with van der Waals surface area (Å²) in [4.78, 5) is 4.68. The Morgan fingerprint density at radius 1 is 0.237 bits per heavy atom. The van der Waals surface area contributed by atoms with E-state index in [0.29, 0.717) is 0 Å². The Labute approximate surface area is 689 Å². The van der Waals surface area contributed by atoms with Crippen molar-refractivity contribution in [2.45, 2.75) is 0 Å². The molecule has 4 aromatic heterocycles. The van der Waals surface area contributed by atoms with Crippen LogP contribution in [0.3, 0.4) is 0 Å². The van der Waals surface area contributed by atoms with E-state index in [2.05, 4.69) is 445 Å². The van der Waals surface area contributed by atoms with Crippen LogP contribution in [-0.4, -0.2) is 9.13 Å². The van der Waals surface area contributed by atoms with Crippen LogP contribution in [0.4, 0.5) is 34.1 Å². The van der Waals surface area contributed by atoms with E-state index >= 15 is 0 Å². The largest absolute Gasteiger partial charge is 0.455 e. The van der Waals surface area contributed by atoms with Gasteiger partial charge in [0, 0.05) is 104 Å². The van der Waals surface area contributed by atoms with Gasteiger partial charge < -0.3 is 23.4 Å². The smallest absolute Gasteiger partial charge is 0.143 e. The first-order chi connectivity index (χ1) is 58.4. The van der Waals surface area contributed by atoms with Crippen molar-refractivity contribution in [1.29, 1.82) is 0 Å². The molecule has 0 amide bonds. The molecule has 0 aliphatic heterocycles. The number of nitrogens with zero attached hydrogens (tertiary/aromatic N) is 4. The summed E-state index contributed by atoms with van der Waals surface area (Å²) in [6, 6.07) is 153. The average Bonchev–Trinajstić information content (AvgIpc) is 1.62. The third-order valence-corrected chi connectivity index (χ3v) is 24.4. The molecule has 0 radical (unpaired) electrons. The first-order valence-electron chi connectivity index (χ1n) is 40.1. The van der Waals surface area contributed by atoms with E-state index in [1.54, 1.807) is 0 Å². The molecule has 0 unspecified atom stereocenters. The summed E-state index contributed by atoms with van der Waals surface area (Å²) in [5.41, 5.74) is 31.8. The van der Waals surface area contributed by atoms with Gasteiger partial charge in [-0.25, -0.2) is 0 Å². The second-order valence-corrected chi connectivity index (χ2v) is 31.1. The average molecular weight is 1530 g/mol. The zero-order valence-electron chi connectivity index (χ0n) is 64.6. The highest BCUT2D eigenvalue weighted by Gasteiger charge is 2.21. The van der Waals surface area contributed by atoms with Crippen molar-refractivity contribution in [2.24, 2.45) is 0 Å². The minimum Gasteiger partial charge on any atom is -0.455 e. The Hall–Kier alpha value is -15.3.